The first kappa shape index (κ1) is 27.8. The van der Waals surface area contributed by atoms with Crippen LogP contribution in [0.2, 0.25) is 0 Å². The van der Waals surface area contributed by atoms with E-state index in [0.717, 1.165) is 16.6 Å². The summed E-state index contributed by atoms with van der Waals surface area (Å²) < 4.78 is 20.3. The standard InChI is InChI=1S/C24H31BN2O8/c1-32-23(30)21(13-17-9-11-19(12-10-17)25(33-2)34-3)27-22(29)14-20(28)15-26-24(31)35-16-18-7-5-4-6-8-18/h4-12,20-21,28H,13-16H2,1-3H3,(H,26,31)(H,27,29)/t20-,21+/m0/s1. The molecule has 0 fully saturated rings. The highest BCUT2D eigenvalue weighted by atomic mass is 16.6. The number of hydrogen-bond acceptors (Lipinski definition) is 8. The van der Waals surface area contributed by atoms with Crippen LogP contribution in [0, 0.1) is 0 Å². The highest BCUT2D eigenvalue weighted by Crippen LogP contribution is 2.06. The molecule has 188 valence electrons. The van der Waals surface area contributed by atoms with Crippen LogP contribution in [0.25, 0.3) is 0 Å². The van der Waals surface area contributed by atoms with Crippen molar-refractivity contribution in [3.63, 3.8) is 0 Å². The quantitative estimate of drug-likeness (QED) is 0.276. The maximum Gasteiger partial charge on any atom is 0.493 e. The molecule has 0 aliphatic heterocycles. The largest absolute Gasteiger partial charge is 0.493 e. The Morgan fingerprint density at radius 3 is 2.20 bits per heavy atom. The minimum absolute atomic E-state index is 0.0859. The van der Waals surface area contributed by atoms with Gasteiger partial charge < -0.3 is 34.5 Å². The summed E-state index contributed by atoms with van der Waals surface area (Å²) in [6.07, 6.45) is -2.02. The Bertz CT molecular complexity index is 938. The number of benzene rings is 2. The van der Waals surface area contributed by atoms with Gasteiger partial charge in [-0.25, -0.2) is 9.59 Å². The first-order valence-electron chi connectivity index (χ1n) is 11.0. The number of aliphatic hydroxyl groups is 1. The summed E-state index contributed by atoms with van der Waals surface area (Å²) in [5.74, 6) is -1.19. The summed E-state index contributed by atoms with van der Waals surface area (Å²) in [6, 6.07) is 15.4. The lowest BCUT2D eigenvalue weighted by atomic mass is 9.78. The summed E-state index contributed by atoms with van der Waals surface area (Å²) in [6.45, 7) is -0.103. The maximum absolute atomic E-state index is 12.4. The Hall–Kier alpha value is -3.41. The fourth-order valence-electron chi connectivity index (χ4n) is 3.27. The van der Waals surface area contributed by atoms with Crippen LogP contribution in [0.4, 0.5) is 4.79 Å². The number of carbonyl (C=O) groups excluding carboxylic acids is 3. The summed E-state index contributed by atoms with van der Waals surface area (Å²) in [5.41, 5.74) is 2.40. The molecule has 0 aliphatic rings. The molecule has 2 rings (SSSR count). The van der Waals surface area contributed by atoms with Gasteiger partial charge in [0, 0.05) is 27.2 Å². The average molecular weight is 486 g/mol. The number of alkyl carbamates (subject to hydrolysis) is 1. The van der Waals surface area contributed by atoms with Crippen LogP contribution in [-0.2, 0) is 41.4 Å². The second kappa shape index (κ2) is 14.8. The Morgan fingerprint density at radius 1 is 0.943 bits per heavy atom. The van der Waals surface area contributed by atoms with E-state index in [9.17, 15) is 19.5 Å². The SMILES string of the molecule is COB(OC)c1ccc(C[C@@H](NC(=O)C[C@H](O)CNC(=O)OCc2ccccc2)C(=O)OC)cc1. The van der Waals surface area contributed by atoms with E-state index in [1.165, 1.54) is 21.3 Å². The van der Waals surface area contributed by atoms with E-state index in [0.29, 0.717) is 0 Å². The van der Waals surface area contributed by atoms with E-state index in [-0.39, 0.29) is 26.0 Å². The van der Waals surface area contributed by atoms with Crippen molar-refractivity contribution >= 4 is 30.6 Å². The van der Waals surface area contributed by atoms with Crippen molar-refractivity contribution in [3.8, 4) is 0 Å². The number of carbonyl (C=O) groups is 3. The molecule has 11 heteroatoms. The van der Waals surface area contributed by atoms with Crippen molar-refractivity contribution < 1.29 is 38.3 Å². The highest BCUT2D eigenvalue weighted by Gasteiger charge is 2.24. The number of esters is 1. The number of ether oxygens (including phenoxy) is 2. The molecular weight excluding hydrogens is 455 g/mol. The second-order valence-electron chi connectivity index (χ2n) is 7.69. The van der Waals surface area contributed by atoms with Gasteiger partial charge in [-0.15, -0.1) is 0 Å². The zero-order valence-corrected chi connectivity index (χ0v) is 20.1. The molecule has 0 saturated heterocycles. The topological polar surface area (TPSA) is 132 Å². The smallest absolute Gasteiger partial charge is 0.467 e. The van der Waals surface area contributed by atoms with Gasteiger partial charge in [-0.3, -0.25) is 4.79 Å². The van der Waals surface area contributed by atoms with Gasteiger partial charge in [-0.2, -0.15) is 0 Å². The first-order chi connectivity index (χ1) is 16.9. The number of hydrogen-bond donors (Lipinski definition) is 3. The number of aliphatic hydroxyl groups excluding tert-OH is 1. The molecule has 3 N–H and O–H groups in total. The van der Waals surface area contributed by atoms with Gasteiger partial charge in [0.1, 0.15) is 12.6 Å². The van der Waals surface area contributed by atoms with Crippen molar-refractivity contribution in [3.05, 3.63) is 65.7 Å². The Morgan fingerprint density at radius 2 is 1.60 bits per heavy atom. The van der Waals surface area contributed by atoms with Crippen molar-refractivity contribution in [2.45, 2.75) is 31.6 Å². The molecule has 2 aromatic rings. The van der Waals surface area contributed by atoms with Crippen LogP contribution in [0.5, 0.6) is 0 Å². The van der Waals surface area contributed by atoms with Crippen LogP contribution in [0.15, 0.2) is 54.6 Å². The Labute approximate surface area is 205 Å². The molecular formula is C24H31BN2O8. The molecule has 0 bridgehead atoms. The minimum atomic E-state index is -1.17. The van der Waals surface area contributed by atoms with Gasteiger partial charge in [0.15, 0.2) is 0 Å². The number of amides is 2. The third kappa shape index (κ3) is 9.77. The fourth-order valence-corrected chi connectivity index (χ4v) is 3.27. The maximum atomic E-state index is 12.4. The lowest BCUT2D eigenvalue weighted by Gasteiger charge is -2.18. The monoisotopic (exact) mass is 486 g/mol. The van der Waals surface area contributed by atoms with Gasteiger partial charge >= 0.3 is 19.2 Å². The molecule has 0 heterocycles. The first-order valence-corrected chi connectivity index (χ1v) is 11.0. The molecule has 0 aliphatic carbocycles. The lowest BCUT2D eigenvalue weighted by Crippen LogP contribution is -2.45. The van der Waals surface area contributed by atoms with Crippen LogP contribution in [0.1, 0.15) is 17.5 Å². The van der Waals surface area contributed by atoms with E-state index in [1.54, 1.807) is 24.3 Å². The zero-order chi connectivity index (χ0) is 25.6. The van der Waals surface area contributed by atoms with Crippen molar-refractivity contribution in [1.82, 2.24) is 10.6 Å². The van der Waals surface area contributed by atoms with Crippen molar-refractivity contribution in [2.75, 3.05) is 27.9 Å². The number of nitrogens with one attached hydrogen (secondary N) is 2. The molecule has 0 saturated carbocycles. The molecule has 0 spiro atoms. The molecule has 0 aromatic heterocycles. The van der Waals surface area contributed by atoms with Gasteiger partial charge in [0.05, 0.1) is 19.6 Å². The number of rotatable bonds is 13. The second-order valence-corrected chi connectivity index (χ2v) is 7.69. The van der Waals surface area contributed by atoms with Crippen molar-refractivity contribution in [1.29, 1.82) is 0 Å². The third-order valence-electron chi connectivity index (χ3n) is 5.06. The van der Waals surface area contributed by atoms with Crippen LogP contribution >= 0.6 is 0 Å². The molecule has 2 atom stereocenters. The normalized spacial score (nSPS) is 12.2. The van der Waals surface area contributed by atoms with E-state index in [2.05, 4.69) is 10.6 Å². The van der Waals surface area contributed by atoms with Crippen molar-refractivity contribution in [2.24, 2.45) is 0 Å². The summed E-state index contributed by atoms with van der Waals surface area (Å²) in [4.78, 5) is 36.4. The van der Waals surface area contributed by atoms with Gasteiger partial charge in [0.2, 0.25) is 5.91 Å². The summed E-state index contributed by atoms with van der Waals surface area (Å²) in [7, 11) is 3.78. The highest BCUT2D eigenvalue weighted by molar-refractivity contribution is 6.61. The fraction of sp³-hybridized carbons (Fsp3) is 0.375. The molecule has 10 nitrogen and oxygen atoms in total. The lowest BCUT2D eigenvalue weighted by molar-refractivity contribution is -0.145. The van der Waals surface area contributed by atoms with E-state index in [4.69, 9.17) is 18.8 Å². The summed E-state index contributed by atoms with van der Waals surface area (Å²) in [5, 5.41) is 15.1. The van der Waals surface area contributed by atoms with Crippen LogP contribution in [0.3, 0.4) is 0 Å². The predicted octanol–water partition coefficient (Wildman–Crippen LogP) is 0.552. The molecule has 2 aromatic carbocycles. The zero-order valence-electron chi connectivity index (χ0n) is 20.1. The Balaban J connectivity index is 1.82. The summed E-state index contributed by atoms with van der Waals surface area (Å²) >= 11 is 0. The molecule has 35 heavy (non-hydrogen) atoms. The van der Waals surface area contributed by atoms with Crippen LogP contribution < -0.4 is 16.1 Å². The van der Waals surface area contributed by atoms with E-state index >= 15 is 0 Å². The average Bonchev–Trinajstić information content (AvgIpc) is 2.87. The third-order valence-corrected chi connectivity index (χ3v) is 5.06. The number of methoxy groups -OCH3 is 1. The van der Waals surface area contributed by atoms with E-state index < -0.39 is 37.2 Å². The molecule has 0 radical (unpaired) electrons. The minimum Gasteiger partial charge on any atom is -0.467 e. The van der Waals surface area contributed by atoms with Gasteiger partial charge in [0.25, 0.3) is 0 Å². The molecule has 0 unspecified atom stereocenters. The molecule has 2 amide bonds. The van der Waals surface area contributed by atoms with Gasteiger partial charge in [-0.05, 0) is 16.6 Å². The van der Waals surface area contributed by atoms with E-state index in [1.807, 2.05) is 30.3 Å². The van der Waals surface area contributed by atoms with Gasteiger partial charge in [-0.1, -0.05) is 54.6 Å². The predicted molar refractivity (Wildman–Crippen MR) is 129 cm³/mol. The van der Waals surface area contributed by atoms with Crippen LogP contribution in [-0.4, -0.2) is 70.2 Å². The Kier molecular flexibility index (Phi) is 11.7.